The van der Waals surface area contributed by atoms with Crippen molar-refractivity contribution in [1.29, 1.82) is 0 Å². The highest BCUT2D eigenvalue weighted by molar-refractivity contribution is 8.00. The third-order valence-corrected chi connectivity index (χ3v) is 5.36. The van der Waals surface area contributed by atoms with Gasteiger partial charge < -0.3 is 10.1 Å². The van der Waals surface area contributed by atoms with Crippen LogP contribution in [0.1, 0.15) is 35.2 Å². The Kier molecular flexibility index (Phi) is 5.71. The van der Waals surface area contributed by atoms with E-state index in [9.17, 15) is 9.59 Å². The Morgan fingerprint density at radius 3 is 2.84 bits per heavy atom. The molecule has 2 aromatic rings. The average molecular weight is 356 g/mol. The molecule has 6 heteroatoms. The van der Waals surface area contributed by atoms with Gasteiger partial charge in [0.1, 0.15) is 11.0 Å². The highest BCUT2D eigenvalue weighted by Crippen LogP contribution is 2.28. The summed E-state index contributed by atoms with van der Waals surface area (Å²) in [5, 5.41) is 2.75. The SMILES string of the molecule is Cc1cc(NC(=O)c2cccnc2)ccc1OC(=O)C1CCCCS1. The second-order valence-corrected chi connectivity index (χ2v) is 7.26. The second-order valence-electron chi connectivity index (χ2n) is 5.95. The van der Waals surface area contributed by atoms with E-state index in [2.05, 4.69) is 10.3 Å². The van der Waals surface area contributed by atoms with Crippen LogP contribution < -0.4 is 10.1 Å². The van der Waals surface area contributed by atoms with Crippen molar-refractivity contribution in [3.8, 4) is 5.75 Å². The molecule has 1 aromatic carbocycles. The topological polar surface area (TPSA) is 68.3 Å². The van der Waals surface area contributed by atoms with Crippen LogP contribution in [0.25, 0.3) is 0 Å². The summed E-state index contributed by atoms with van der Waals surface area (Å²) in [4.78, 5) is 28.3. The molecule has 0 aliphatic carbocycles. The maximum atomic E-state index is 12.2. The first kappa shape index (κ1) is 17.5. The Balaban J connectivity index is 1.64. The molecule has 1 unspecified atom stereocenters. The molecule has 1 fully saturated rings. The smallest absolute Gasteiger partial charge is 0.324 e. The number of nitrogens with zero attached hydrogens (tertiary/aromatic N) is 1. The number of aryl methyl sites for hydroxylation is 1. The predicted molar refractivity (Wildman–Crippen MR) is 99.1 cm³/mol. The number of carbonyl (C=O) groups is 2. The summed E-state index contributed by atoms with van der Waals surface area (Å²) in [5.74, 6) is 1.14. The molecule has 0 spiro atoms. The number of aromatic nitrogens is 1. The van der Waals surface area contributed by atoms with Gasteiger partial charge in [-0.3, -0.25) is 14.6 Å². The third kappa shape index (κ3) is 4.60. The minimum Gasteiger partial charge on any atom is -0.425 e. The molecule has 0 radical (unpaired) electrons. The number of nitrogens with one attached hydrogen (secondary N) is 1. The zero-order valence-electron chi connectivity index (χ0n) is 14.0. The number of ether oxygens (including phenoxy) is 1. The summed E-state index contributed by atoms with van der Waals surface area (Å²) < 4.78 is 5.55. The molecule has 25 heavy (non-hydrogen) atoms. The molecule has 0 saturated carbocycles. The molecule has 1 aromatic heterocycles. The Labute approximate surface area is 151 Å². The highest BCUT2D eigenvalue weighted by Gasteiger charge is 2.24. The van der Waals surface area contributed by atoms with Crippen LogP contribution in [-0.4, -0.2) is 27.9 Å². The lowest BCUT2D eigenvalue weighted by molar-refractivity contribution is -0.134. The first-order chi connectivity index (χ1) is 12.1. The lowest BCUT2D eigenvalue weighted by Gasteiger charge is -2.20. The zero-order chi connectivity index (χ0) is 17.6. The van der Waals surface area contributed by atoms with E-state index in [-0.39, 0.29) is 17.1 Å². The third-order valence-electron chi connectivity index (χ3n) is 4.01. The molecule has 1 amide bonds. The summed E-state index contributed by atoms with van der Waals surface area (Å²) in [6, 6.07) is 8.67. The van der Waals surface area contributed by atoms with E-state index in [0.717, 1.165) is 24.2 Å². The predicted octanol–water partition coefficient (Wildman–Crippen LogP) is 3.83. The zero-order valence-corrected chi connectivity index (χ0v) is 14.8. The largest absolute Gasteiger partial charge is 0.425 e. The minimum absolute atomic E-state index is 0.0712. The van der Waals surface area contributed by atoms with Gasteiger partial charge in [-0.05, 0) is 61.4 Å². The van der Waals surface area contributed by atoms with Crippen LogP contribution in [0, 0.1) is 6.92 Å². The van der Waals surface area contributed by atoms with Crippen LogP contribution in [0.2, 0.25) is 0 Å². The maximum absolute atomic E-state index is 12.2. The summed E-state index contributed by atoms with van der Waals surface area (Å²) in [5.41, 5.74) is 1.95. The van der Waals surface area contributed by atoms with Crippen molar-refractivity contribution in [2.24, 2.45) is 0 Å². The molecule has 1 aliphatic heterocycles. The van der Waals surface area contributed by atoms with Crippen LogP contribution in [0.3, 0.4) is 0 Å². The van der Waals surface area contributed by atoms with Crippen molar-refractivity contribution < 1.29 is 14.3 Å². The monoisotopic (exact) mass is 356 g/mol. The highest BCUT2D eigenvalue weighted by atomic mass is 32.2. The van der Waals surface area contributed by atoms with Crippen molar-refractivity contribution in [3.63, 3.8) is 0 Å². The molecular weight excluding hydrogens is 336 g/mol. The lowest BCUT2D eigenvalue weighted by atomic mass is 10.1. The molecule has 130 valence electrons. The summed E-state index contributed by atoms with van der Waals surface area (Å²) in [7, 11) is 0. The van der Waals surface area contributed by atoms with Gasteiger partial charge in [-0.1, -0.05) is 6.42 Å². The van der Waals surface area contributed by atoms with Gasteiger partial charge in [0.25, 0.3) is 5.91 Å². The van der Waals surface area contributed by atoms with E-state index in [1.807, 2.05) is 6.92 Å². The van der Waals surface area contributed by atoms with Crippen molar-refractivity contribution in [2.45, 2.75) is 31.4 Å². The van der Waals surface area contributed by atoms with Crippen molar-refractivity contribution in [3.05, 3.63) is 53.9 Å². The van der Waals surface area contributed by atoms with E-state index in [4.69, 9.17) is 4.74 Å². The molecule has 5 nitrogen and oxygen atoms in total. The molecule has 1 aliphatic rings. The normalized spacial score (nSPS) is 16.9. The van der Waals surface area contributed by atoms with E-state index in [1.54, 1.807) is 48.3 Å². The van der Waals surface area contributed by atoms with Crippen LogP contribution in [0.15, 0.2) is 42.7 Å². The fourth-order valence-corrected chi connectivity index (χ4v) is 3.82. The van der Waals surface area contributed by atoms with E-state index in [0.29, 0.717) is 17.0 Å². The number of pyridine rings is 1. The Morgan fingerprint density at radius 2 is 2.16 bits per heavy atom. The Hall–Kier alpha value is -2.34. The Morgan fingerprint density at radius 1 is 1.28 bits per heavy atom. The molecule has 0 bridgehead atoms. The number of thioether (sulfide) groups is 1. The quantitative estimate of drug-likeness (QED) is 0.666. The van der Waals surface area contributed by atoms with Crippen LogP contribution >= 0.6 is 11.8 Å². The first-order valence-corrected chi connectivity index (χ1v) is 9.34. The fraction of sp³-hybridized carbons (Fsp3) is 0.316. The van der Waals surface area contributed by atoms with Gasteiger partial charge in [-0.25, -0.2) is 0 Å². The number of amides is 1. The van der Waals surface area contributed by atoms with Crippen molar-refractivity contribution >= 4 is 29.3 Å². The van der Waals surface area contributed by atoms with Gasteiger partial charge in [-0.2, -0.15) is 0 Å². The number of carbonyl (C=O) groups excluding carboxylic acids is 2. The molecular formula is C19H20N2O3S. The van der Waals surface area contributed by atoms with Crippen molar-refractivity contribution in [1.82, 2.24) is 4.98 Å². The lowest BCUT2D eigenvalue weighted by Crippen LogP contribution is -2.25. The minimum atomic E-state index is -0.226. The van der Waals surface area contributed by atoms with Gasteiger partial charge >= 0.3 is 5.97 Å². The van der Waals surface area contributed by atoms with Gasteiger partial charge in [0.15, 0.2) is 0 Å². The molecule has 1 saturated heterocycles. The van der Waals surface area contributed by atoms with Gasteiger partial charge in [0, 0.05) is 18.1 Å². The average Bonchev–Trinajstić information content (AvgIpc) is 2.65. The second kappa shape index (κ2) is 8.16. The fourth-order valence-electron chi connectivity index (χ4n) is 2.64. The molecule has 1 N–H and O–H groups in total. The van der Waals surface area contributed by atoms with Crippen LogP contribution in [0.4, 0.5) is 5.69 Å². The summed E-state index contributed by atoms with van der Waals surface area (Å²) >= 11 is 1.67. The number of esters is 1. The van der Waals surface area contributed by atoms with Gasteiger partial charge in [-0.15, -0.1) is 11.8 Å². The molecule has 3 rings (SSSR count). The molecule has 1 atom stereocenters. The van der Waals surface area contributed by atoms with Gasteiger partial charge in [0.2, 0.25) is 0 Å². The standard InChI is InChI=1S/C19H20N2O3S/c1-13-11-15(21-18(22)14-5-4-9-20-12-14)7-8-16(13)24-19(23)17-6-2-3-10-25-17/h4-5,7-9,11-12,17H,2-3,6,10H2,1H3,(H,21,22). The van der Waals surface area contributed by atoms with E-state index in [1.165, 1.54) is 12.6 Å². The number of rotatable bonds is 4. The van der Waals surface area contributed by atoms with Crippen molar-refractivity contribution in [2.75, 3.05) is 11.1 Å². The Bertz CT molecular complexity index is 759. The number of hydrogen-bond acceptors (Lipinski definition) is 5. The van der Waals surface area contributed by atoms with Crippen LogP contribution in [0.5, 0.6) is 5.75 Å². The van der Waals surface area contributed by atoms with E-state index < -0.39 is 0 Å². The van der Waals surface area contributed by atoms with E-state index >= 15 is 0 Å². The summed E-state index contributed by atoms with van der Waals surface area (Å²) in [6.45, 7) is 1.86. The number of benzene rings is 1. The van der Waals surface area contributed by atoms with Crippen LogP contribution in [-0.2, 0) is 4.79 Å². The first-order valence-electron chi connectivity index (χ1n) is 8.29. The summed E-state index contributed by atoms with van der Waals surface area (Å²) in [6.07, 6.45) is 6.25. The number of hydrogen-bond donors (Lipinski definition) is 1. The number of anilines is 1. The molecule has 2 heterocycles. The van der Waals surface area contributed by atoms with Gasteiger partial charge in [0.05, 0.1) is 5.56 Å². The maximum Gasteiger partial charge on any atom is 0.324 e.